The van der Waals surface area contributed by atoms with Gasteiger partial charge in [-0.1, -0.05) is 24.4 Å². The quantitative estimate of drug-likeness (QED) is 0.688. The average Bonchev–Trinajstić information content (AvgIpc) is 2.88. The van der Waals surface area contributed by atoms with Gasteiger partial charge in [-0.2, -0.15) is 4.98 Å². The third-order valence-electron chi connectivity index (χ3n) is 3.25. The van der Waals surface area contributed by atoms with Crippen molar-refractivity contribution in [3.8, 4) is 5.88 Å². The normalized spacial score (nSPS) is 20.3. The predicted octanol–water partition coefficient (Wildman–Crippen LogP) is 2.72. The standard InChI is InChI=1S/C11H13ClN2O/c12-9-8-5-6-15-11(8)14-10(13-9)7-3-1-2-4-7/h7H,1-6H2. The van der Waals surface area contributed by atoms with Crippen molar-refractivity contribution in [2.45, 2.75) is 38.0 Å². The fourth-order valence-corrected chi connectivity index (χ4v) is 2.66. The maximum atomic E-state index is 6.12. The molecule has 0 aromatic carbocycles. The van der Waals surface area contributed by atoms with Crippen LogP contribution in [0.25, 0.3) is 0 Å². The molecule has 3 nitrogen and oxygen atoms in total. The fraction of sp³-hybridized carbons (Fsp3) is 0.636. The number of fused-ring (bicyclic) bond motifs is 1. The minimum absolute atomic E-state index is 0.497. The number of nitrogens with zero attached hydrogens (tertiary/aromatic N) is 2. The molecule has 2 heterocycles. The zero-order chi connectivity index (χ0) is 10.3. The van der Waals surface area contributed by atoms with Crippen LogP contribution >= 0.6 is 11.6 Å². The Hall–Kier alpha value is -0.830. The van der Waals surface area contributed by atoms with E-state index in [0.29, 0.717) is 17.7 Å². The molecule has 4 heteroatoms. The van der Waals surface area contributed by atoms with Crippen molar-refractivity contribution in [1.29, 1.82) is 0 Å². The summed E-state index contributed by atoms with van der Waals surface area (Å²) in [5, 5.41) is 0.597. The minimum Gasteiger partial charge on any atom is -0.477 e. The summed E-state index contributed by atoms with van der Waals surface area (Å²) in [4.78, 5) is 8.88. The van der Waals surface area contributed by atoms with Gasteiger partial charge in [0.05, 0.1) is 12.2 Å². The third-order valence-corrected chi connectivity index (χ3v) is 3.56. The summed E-state index contributed by atoms with van der Waals surface area (Å²) in [6.07, 6.45) is 5.79. The highest BCUT2D eigenvalue weighted by atomic mass is 35.5. The summed E-state index contributed by atoms with van der Waals surface area (Å²) in [6, 6.07) is 0. The Bertz CT molecular complexity index is 388. The van der Waals surface area contributed by atoms with Crippen LogP contribution in [0, 0.1) is 0 Å². The van der Waals surface area contributed by atoms with Crippen molar-refractivity contribution in [2.24, 2.45) is 0 Å². The van der Waals surface area contributed by atoms with Crippen molar-refractivity contribution >= 4 is 11.6 Å². The topological polar surface area (TPSA) is 35.0 Å². The molecule has 3 rings (SSSR count). The molecular weight excluding hydrogens is 212 g/mol. The lowest BCUT2D eigenvalue weighted by molar-refractivity contribution is 0.342. The second-order valence-corrected chi connectivity index (χ2v) is 4.59. The van der Waals surface area contributed by atoms with Gasteiger partial charge in [0.2, 0.25) is 5.88 Å². The molecule has 80 valence electrons. The molecule has 1 fully saturated rings. The Labute approximate surface area is 93.8 Å². The number of hydrogen-bond donors (Lipinski definition) is 0. The summed E-state index contributed by atoms with van der Waals surface area (Å²) in [6.45, 7) is 0.692. The molecule has 0 bridgehead atoms. The molecule has 1 saturated carbocycles. The minimum atomic E-state index is 0.497. The van der Waals surface area contributed by atoms with Crippen LogP contribution in [0.2, 0.25) is 5.15 Å². The number of rotatable bonds is 1. The van der Waals surface area contributed by atoms with Crippen LogP contribution in [0.3, 0.4) is 0 Å². The molecule has 0 unspecified atom stereocenters. The molecule has 0 saturated heterocycles. The summed E-state index contributed by atoms with van der Waals surface area (Å²) in [5.74, 6) is 2.10. The lowest BCUT2D eigenvalue weighted by Crippen LogP contribution is -2.02. The van der Waals surface area contributed by atoms with Gasteiger partial charge in [-0.3, -0.25) is 0 Å². The first kappa shape index (κ1) is 9.40. The molecule has 0 radical (unpaired) electrons. The maximum absolute atomic E-state index is 6.12. The number of halogens is 1. The molecule has 0 N–H and O–H groups in total. The van der Waals surface area contributed by atoms with Crippen LogP contribution in [0.15, 0.2) is 0 Å². The van der Waals surface area contributed by atoms with Crippen molar-refractivity contribution in [2.75, 3.05) is 6.61 Å². The largest absolute Gasteiger partial charge is 0.477 e. The van der Waals surface area contributed by atoms with Crippen LogP contribution in [0.5, 0.6) is 5.88 Å². The lowest BCUT2D eigenvalue weighted by atomic mass is 10.1. The van der Waals surface area contributed by atoms with Crippen molar-refractivity contribution in [1.82, 2.24) is 9.97 Å². The van der Waals surface area contributed by atoms with Gasteiger partial charge < -0.3 is 4.74 Å². The molecule has 0 amide bonds. The zero-order valence-corrected chi connectivity index (χ0v) is 9.26. The van der Waals surface area contributed by atoms with E-state index in [0.717, 1.165) is 23.7 Å². The number of aromatic nitrogens is 2. The van der Waals surface area contributed by atoms with E-state index in [1.54, 1.807) is 0 Å². The number of ether oxygens (including phenoxy) is 1. The summed E-state index contributed by atoms with van der Waals surface area (Å²) < 4.78 is 5.44. The fourth-order valence-electron chi connectivity index (χ4n) is 2.40. The molecular formula is C11H13ClN2O. The van der Waals surface area contributed by atoms with E-state index in [9.17, 15) is 0 Å². The van der Waals surface area contributed by atoms with Gasteiger partial charge >= 0.3 is 0 Å². The first-order valence-electron chi connectivity index (χ1n) is 5.53. The van der Waals surface area contributed by atoms with Crippen molar-refractivity contribution in [3.05, 3.63) is 16.5 Å². The summed E-state index contributed by atoms with van der Waals surface area (Å²) in [5.41, 5.74) is 0.985. The Morgan fingerprint density at radius 3 is 2.80 bits per heavy atom. The first-order chi connectivity index (χ1) is 7.34. The van der Waals surface area contributed by atoms with Crippen LogP contribution in [-0.2, 0) is 6.42 Å². The molecule has 1 aliphatic heterocycles. The molecule has 2 aliphatic rings. The molecule has 0 atom stereocenters. The molecule has 1 aromatic heterocycles. The molecule has 15 heavy (non-hydrogen) atoms. The Morgan fingerprint density at radius 1 is 1.20 bits per heavy atom. The van der Waals surface area contributed by atoms with Crippen LogP contribution in [-0.4, -0.2) is 16.6 Å². The van der Waals surface area contributed by atoms with Crippen molar-refractivity contribution < 1.29 is 4.74 Å². The van der Waals surface area contributed by atoms with Gasteiger partial charge in [0.25, 0.3) is 0 Å². The highest BCUT2D eigenvalue weighted by Crippen LogP contribution is 2.36. The first-order valence-corrected chi connectivity index (χ1v) is 5.91. The van der Waals surface area contributed by atoms with E-state index >= 15 is 0 Å². The second-order valence-electron chi connectivity index (χ2n) is 4.24. The van der Waals surface area contributed by atoms with E-state index in [4.69, 9.17) is 16.3 Å². The second kappa shape index (κ2) is 3.63. The highest BCUT2D eigenvalue weighted by molar-refractivity contribution is 6.30. The zero-order valence-electron chi connectivity index (χ0n) is 8.50. The summed E-state index contributed by atoms with van der Waals surface area (Å²) >= 11 is 6.12. The van der Waals surface area contributed by atoms with Gasteiger partial charge in [0.1, 0.15) is 11.0 Å². The average molecular weight is 225 g/mol. The Morgan fingerprint density at radius 2 is 2.00 bits per heavy atom. The Balaban J connectivity index is 1.99. The smallest absolute Gasteiger partial charge is 0.221 e. The van der Waals surface area contributed by atoms with E-state index in [1.807, 2.05) is 0 Å². The van der Waals surface area contributed by atoms with Gasteiger partial charge in [0.15, 0.2) is 0 Å². The van der Waals surface area contributed by atoms with Gasteiger partial charge in [-0.05, 0) is 12.8 Å². The van der Waals surface area contributed by atoms with Gasteiger partial charge in [0, 0.05) is 12.3 Å². The highest BCUT2D eigenvalue weighted by Gasteiger charge is 2.25. The maximum Gasteiger partial charge on any atom is 0.221 e. The molecule has 1 aromatic rings. The third kappa shape index (κ3) is 1.59. The summed E-state index contributed by atoms with van der Waals surface area (Å²) in [7, 11) is 0. The van der Waals surface area contributed by atoms with E-state index in [1.165, 1.54) is 25.7 Å². The molecule has 1 aliphatic carbocycles. The molecule has 0 spiro atoms. The van der Waals surface area contributed by atoms with E-state index < -0.39 is 0 Å². The number of hydrogen-bond acceptors (Lipinski definition) is 3. The van der Waals surface area contributed by atoms with Crippen LogP contribution < -0.4 is 4.74 Å². The van der Waals surface area contributed by atoms with E-state index in [2.05, 4.69) is 9.97 Å². The van der Waals surface area contributed by atoms with Gasteiger partial charge in [-0.15, -0.1) is 0 Å². The van der Waals surface area contributed by atoms with Gasteiger partial charge in [-0.25, -0.2) is 4.98 Å². The Kier molecular flexibility index (Phi) is 2.28. The monoisotopic (exact) mass is 224 g/mol. The predicted molar refractivity (Wildman–Crippen MR) is 57.5 cm³/mol. The SMILES string of the molecule is Clc1nc(C2CCCC2)nc2c1CCO2. The van der Waals surface area contributed by atoms with Crippen molar-refractivity contribution in [3.63, 3.8) is 0 Å². The van der Waals surface area contributed by atoms with Crippen LogP contribution in [0.4, 0.5) is 0 Å². The van der Waals surface area contributed by atoms with E-state index in [-0.39, 0.29) is 0 Å². The lowest BCUT2D eigenvalue weighted by Gasteiger charge is -2.09. The van der Waals surface area contributed by atoms with Crippen LogP contribution in [0.1, 0.15) is 43.0 Å².